The van der Waals surface area contributed by atoms with E-state index in [1.54, 1.807) is 0 Å². The van der Waals surface area contributed by atoms with Gasteiger partial charge in [-0.05, 0) is 19.1 Å². The minimum Gasteiger partial charge on any atom is -0.511 e. The molecule has 0 saturated carbocycles. The van der Waals surface area contributed by atoms with Crippen molar-refractivity contribution in [2.75, 3.05) is 0 Å². The normalized spacial score (nSPS) is 24.6. The molecule has 0 amide bonds. The van der Waals surface area contributed by atoms with E-state index in [2.05, 4.69) is 0 Å². The first-order valence-electron chi connectivity index (χ1n) is 5.98. The number of ether oxygens (including phenoxy) is 1. The summed E-state index contributed by atoms with van der Waals surface area (Å²) in [5.74, 6) is -2.54. The van der Waals surface area contributed by atoms with Crippen LogP contribution in [0.15, 0.2) is 35.3 Å². The van der Waals surface area contributed by atoms with Crippen LogP contribution in [0.3, 0.4) is 0 Å². The van der Waals surface area contributed by atoms with Crippen LogP contribution in [0.25, 0.3) is 0 Å². The van der Waals surface area contributed by atoms with Crippen LogP contribution in [0.4, 0.5) is 0 Å². The second kappa shape index (κ2) is 3.93. The van der Waals surface area contributed by atoms with Crippen LogP contribution in [0.2, 0.25) is 0 Å². The maximum Gasteiger partial charge on any atom is 0.181 e. The zero-order valence-electron chi connectivity index (χ0n) is 10.5. The molecule has 2 unspecified atom stereocenters. The van der Waals surface area contributed by atoms with Gasteiger partial charge < -0.3 is 25.2 Å². The van der Waals surface area contributed by atoms with E-state index in [9.17, 15) is 25.2 Å². The van der Waals surface area contributed by atoms with Crippen molar-refractivity contribution in [3.05, 3.63) is 40.9 Å². The Bertz CT molecular complexity index is 685. The van der Waals surface area contributed by atoms with Crippen LogP contribution in [0, 0.1) is 5.92 Å². The Hall–Kier alpha value is -2.63. The predicted molar refractivity (Wildman–Crippen MR) is 68.0 cm³/mol. The fourth-order valence-corrected chi connectivity index (χ4v) is 2.43. The Morgan fingerprint density at radius 1 is 1.10 bits per heavy atom. The predicted octanol–water partition coefficient (Wildman–Crippen LogP) is 1.95. The van der Waals surface area contributed by atoms with Crippen molar-refractivity contribution in [3.63, 3.8) is 0 Å². The molecule has 2 aliphatic rings. The van der Waals surface area contributed by atoms with Crippen molar-refractivity contribution in [3.8, 4) is 17.2 Å². The van der Waals surface area contributed by atoms with Crippen molar-refractivity contribution in [2.24, 2.45) is 5.92 Å². The fourth-order valence-electron chi connectivity index (χ4n) is 2.43. The number of aliphatic hydroxyl groups is 2. The summed E-state index contributed by atoms with van der Waals surface area (Å²) in [5.41, 5.74) is 0.297. The number of fused-ring (bicyclic) bond motifs is 2. The summed E-state index contributed by atoms with van der Waals surface area (Å²) >= 11 is 0. The minimum atomic E-state index is -0.956. The lowest BCUT2D eigenvalue weighted by molar-refractivity contribution is 0.0712. The van der Waals surface area contributed by atoms with Crippen molar-refractivity contribution in [1.82, 2.24) is 0 Å². The van der Waals surface area contributed by atoms with Gasteiger partial charge in [-0.3, -0.25) is 4.79 Å². The smallest absolute Gasteiger partial charge is 0.181 e. The van der Waals surface area contributed by atoms with E-state index >= 15 is 0 Å². The van der Waals surface area contributed by atoms with Crippen LogP contribution >= 0.6 is 0 Å². The number of carbonyl (C=O) groups is 1. The van der Waals surface area contributed by atoms with Gasteiger partial charge in [-0.1, -0.05) is 0 Å². The number of rotatable bonds is 0. The van der Waals surface area contributed by atoms with E-state index in [0.717, 1.165) is 12.1 Å². The number of aliphatic hydroxyl groups excluding tert-OH is 2. The monoisotopic (exact) mass is 276 g/mol. The van der Waals surface area contributed by atoms with Gasteiger partial charge in [0.05, 0.1) is 5.56 Å². The highest BCUT2D eigenvalue weighted by Gasteiger charge is 2.43. The molecule has 6 nitrogen and oxygen atoms in total. The first-order valence-corrected chi connectivity index (χ1v) is 5.98. The molecule has 0 bridgehead atoms. The van der Waals surface area contributed by atoms with Crippen molar-refractivity contribution in [1.29, 1.82) is 0 Å². The molecule has 1 aromatic carbocycles. The number of carbonyl (C=O) groups excluding carboxylic acids is 1. The number of ketones is 1. The lowest BCUT2D eigenvalue weighted by Gasteiger charge is -2.33. The maximum absolute atomic E-state index is 12.4. The number of phenolic OH excluding ortho intramolecular Hbond substituents is 2. The third kappa shape index (κ3) is 1.54. The van der Waals surface area contributed by atoms with Gasteiger partial charge in [0.25, 0.3) is 0 Å². The van der Waals surface area contributed by atoms with E-state index in [1.807, 2.05) is 0 Å². The highest BCUT2D eigenvalue weighted by atomic mass is 16.5. The average Bonchev–Trinajstić information content (AvgIpc) is 2.39. The molecule has 0 aromatic heterocycles. The molecule has 0 fully saturated rings. The minimum absolute atomic E-state index is 0.0793. The average molecular weight is 276 g/mol. The number of Topliss-reactive ketones (excluding diaryl/α,β-unsaturated/α-hetero) is 1. The van der Waals surface area contributed by atoms with E-state index in [-0.39, 0.29) is 28.4 Å². The van der Waals surface area contributed by atoms with Gasteiger partial charge in [-0.25, -0.2) is 0 Å². The Balaban J connectivity index is 2.16. The fraction of sp³-hybridized carbons (Fsp3) is 0.214. The molecule has 1 aromatic rings. The second-order valence-electron chi connectivity index (χ2n) is 4.82. The molecule has 0 radical (unpaired) electrons. The van der Waals surface area contributed by atoms with Crippen molar-refractivity contribution in [2.45, 2.75) is 13.0 Å². The van der Waals surface area contributed by atoms with Gasteiger partial charge in [-0.15, -0.1) is 0 Å². The van der Waals surface area contributed by atoms with Gasteiger partial charge >= 0.3 is 0 Å². The first-order chi connectivity index (χ1) is 9.40. The quantitative estimate of drug-likeness (QED) is 0.539. The Morgan fingerprint density at radius 3 is 2.45 bits per heavy atom. The molecule has 4 N–H and O–H groups in total. The van der Waals surface area contributed by atoms with Crippen LogP contribution in [0.5, 0.6) is 17.2 Å². The molecule has 20 heavy (non-hydrogen) atoms. The van der Waals surface area contributed by atoms with Gasteiger partial charge in [0, 0.05) is 11.6 Å². The number of aromatic hydroxyl groups is 2. The standard InChI is InChI=1S/C14H12O6/c1-5-7(15)3-11-12(13(5)18)14(19)6-2-8(16)9(17)4-10(6)20-11/h2-4,11-12,15-18H,1H3. The Kier molecular flexibility index (Phi) is 2.44. The highest BCUT2D eigenvalue weighted by molar-refractivity contribution is 6.04. The summed E-state index contributed by atoms with van der Waals surface area (Å²) < 4.78 is 5.51. The molecule has 2 atom stereocenters. The molecule has 1 aliphatic carbocycles. The summed E-state index contributed by atoms with van der Waals surface area (Å²) in [7, 11) is 0. The number of allylic oxidation sites excluding steroid dienone is 1. The molecule has 0 saturated heterocycles. The molecule has 1 heterocycles. The largest absolute Gasteiger partial charge is 0.511 e. The number of benzene rings is 1. The summed E-state index contributed by atoms with van der Waals surface area (Å²) in [6, 6.07) is 2.23. The van der Waals surface area contributed by atoms with Crippen LogP contribution < -0.4 is 4.74 Å². The summed E-state index contributed by atoms with van der Waals surface area (Å²) in [4.78, 5) is 12.4. The molecular formula is C14H12O6. The third-order valence-electron chi connectivity index (χ3n) is 3.60. The molecule has 3 rings (SSSR count). The summed E-state index contributed by atoms with van der Waals surface area (Å²) in [6.07, 6.45) is 0.493. The number of hydrogen-bond donors (Lipinski definition) is 4. The van der Waals surface area contributed by atoms with E-state index < -0.39 is 29.3 Å². The van der Waals surface area contributed by atoms with Crippen molar-refractivity contribution < 1.29 is 30.0 Å². The Labute approximate surface area is 113 Å². The first kappa shape index (κ1) is 12.4. The van der Waals surface area contributed by atoms with E-state index in [4.69, 9.17) is 4.74 Å². The summed E-state index contributed by atoms with van der Waals surface area (Å²) in [5, 5.41) is 38.6. The molecule has 6 heteroatoms. The lowest BCUT2D eigenvalue weighted by Crippen LogP contribution is -2.40. The lowest BCUT2D eigenvalue weighted by atomic mass is 9.82. The summed E-state index contributed by atoms with van der Waals surface area (Å²) in [6.45, 7) is 1.49. The highest BCUT2D eigenvalue weighted by Crippen LogP contribution is 2.42. The van der Waals surface area contributed by atoms with Gasteiger partial charge in [-0.2, -0.15) is 0 Å². The SMILES string of the molecule is CC1=C(O)C2C(=O)c3cc(O)c(O)cc3OC2C=C1O. The van der Waals surface area contributed by atoms with E-state index in [0.29, 0.717) is 0 Å². The molecule has 1 aliphatic heterocycles. The van der Waals surface area contributed by atoms with E-state index in [1.165, 1.54) is 13.0 Å². The molecular weight excluding hydrogens is 264 g/mol. The third-order valence-corrected chi connectivity index (χ3v) is 3.60. The maximum atomic E-state index is 12.4. The van der Waals surface area contributed by atoms with Gasteiger partial charge in [0.2, 0.25) is 0 Å². The van der Waals surface area contributed by atoms with Crippen molar-refractivity contribution >= 4 is 5.78 Å². The number of phenols is 2. The van der Waals surface area contributed by atoms with Gasteiger partial charge in [0.1, 0.15) is 29.3 Å². The van der Waals surface area contributed by atoms with Crippen LogP contribution in [0.1, 0.15) is 17.3 Å². The molecule has 0 spiro atoms. The number of hydrogen-bond acceptors (Lipinski definition) is 6. The zero-order chi connectivity index (χ0) is 14.6. The second-order valence-corrected chi connectivity index (χ2v) is 4.82. The topological polar surface area (TPSA) is 107 Å². The Morgan fingerprint density at radius 2 is 1.75 bits per heavy atom. The van der Waals surface area contributed by atoms with Crippen LogP contribution in [-0.2, 0) is 0 Å². The van der Waals surface area contributed by atoms with Crippen LogP contribution in [-0.4, -0.2) is 32.3 Å². The molecule has 104 valence electrons. The zero-order valence-corrected chi connectivity index (χ0v) is 10.5. The van der Waals surface area contributed by atoms with Gasteiger partial charge in [0.15, 0.2) is 17.3 Å².